The number of nitrogens with one attached hydrogen (secondary N) is 3. The van der Waals surface area contributed by atoms with Crippen molar-refractivity contribution in [3.63, 3.8) is 0 Å². The zero-order valence-corrected chi connectivity index (χ0v) is 22.9. The lowest BCUT2D eigenvalue weighted by Gasteiger charge is -2.25. The van der Waals surface area contributed by atoms with Gasteiger partial charge in [-0.05, 0) is 48.1 Å². The van der Waals surface area contributed by atoms with Crippen LogP contribution in [-0.2, 0) is 36.8 Å². The van der Waals surface area contributed by atoms with E-state index in [4.69, 9.17) is 11.5 Å². The fourth-order valence-electron chi connectivity index (χ4n) is 3.77. The molecular weight excluding hydrogens is 538 g/mol. The summed E-state index contributed by atoms with van der Waals surface area (Å²) in [6, 6.07) is 9.98. The summed E-state index contributed by atoms with van der Waals surface area (Å²) in [6.07, 6.45) is 1.56. The smallest absolute Gasteiger partial charge is 0.326 e. The predicted octanol–water partition coefficient (Wildman–Crippen LogP) is -0.328. The van der Waals surface area contributed by atoms with Crippen molar-refractivity contribution in [3.05, 3.63) is 65.7 Å². The van der Waals surface area contributed by atoms with Gasteiger partial charge in [-0.25, -0.2) is 4.79 Å². The molecule has 4 unspecified atom stereocenters. The summed E-state index contributed by atoms with van der Waals surface area (Å²) in [5.74, 6) is -4.01. The van der Waals surface area contributed by atoms with E-state index >= 15 is 0 Å². The third-order valence-electron chi connectivity index (χ3n) is 5.91. The SMILES string of the molecule is CSCCC(NC(=O)C(N)Cc1ccccc1)C(=O)NC(CC(N)=O)C(=O)NC(Cc1ccc(O)cc1)C(=O)O. The largest absolute Gasteiger partial charge is 0.508 e. The summed E-state index contributed by atoms with van der Waals surface area (Å²) in [4.78, 5) is 62.4. The molecule has 0 saturated heterocycles. The average Bonchev–Trinajstić information content (AvgIpc) is 2.91. The first-order chi connectivity index (χ1) is 19.0. The molecule has 0 aromatic heterocycles. The van der Waals surface area contributed by atoms with E-state index < -0.39 is 60.2 Å². The van der Waals surface area contributed by atoms with Gasteiger partial charge >= 0.3 is 5.97 Å². The molecular formula is C27H35N5O7S. The fraction of sp³-hybridized carbons (Fsp3) is 0.370. The number of aliphatic carboxylic acids is 1. The van der Waals surface area contributed by atoms with E-state index in [1.165, 1.54) is 36.0 Å². The standard InChI is InChI=1S/C27H35N5O7S/c1-40-12-11-20(30-24(35)19(28)13-16-5-3-2-4-6-16)25(36)31-21(15-23(29)34)26(37)32-22(27(38)39)14-17-7-9-18(33)10-8-17/h2-10,19-22,33H,11-15,28H2,1H3,(H2,29,34)(H,30,35)(H,31,36)(H,32,37)(H,38,39). The van der Waals surface area contributed by atoms with E-state index in [-0.39, 0.29) is 25.0 Å². The molecule has 2 aromatic rings. The lowest BCUT2D eigenvalue weighted by molar-refractivity contribution is -0.142. The van der Waals surface area contributed by atoms with Crippen LogP contribution >= 0.6 is 11.8 Å². The summed E-state index contributed by atoms with van der Waals surface area (Å²) < 4.78 is 0. The third kappa shape index (κ3) is 10.9. The molecule has 40 heavy (non-hydrogen) atoms. The second-order valence-corrected chi connectivity index (χ2v) is 10.1. The van der Waals surface area contributed by atoms with Gasteiger partial charge in [0.2, 0.25) is 23.6 Å². The number of carboxylic acids is 1. The molecule has 4 atom stereocenters. The van der Waals surface area contributed by atoms with Crippen LogP contribution in [0.15, 0.2) is 54.6 Å². The number of nitrogens with two attached hydrogens (primary N) is 2. The van der Waals surface area contributed by atoms with Gasteiger partial charge in [0, 0.05) is 6.42 Å². The van der Waals surface area contributed by atoms with E-state index in [0.29, 0.717) is 11.3 Å². The number of phenols is 1. The van der Waals surface area contributed by atoms with Gasteiger partial charge in [-0.15, -0.1) is 0 Å². The minimum Gasteiger partial charge on any atom is -0.508 e. The van der Waals surface area contributed by atoms with E-state index in [0.717, 1.165) is 5.56 Å². The number of amides is 4. The molecule has 0 fully saturated rings. The lowest BCUT2D eigenvalue weighted by atomic mass is 10.0. The van der Waals surface area contributed by atoms with E-state index in [1.54, 1.807) is 0 Å². The van der Waals surface area contributed by atoms with Crippen molar-refractivity contribution in [2.45, 2.75) is 49.9 Å². The predicted molar refractivity (Wildman–Crippen MR) is 150 cm³/mol. The van der Waals surface area contributed by atoms with E-state index in [2.05, 4.69) is 16.0 Å². The van der Waals surface area contributed by atoms with Crippen molar-refractivity contribution in [2.24, 2.45) is 11.5 Å². The van der Waals surface area contributed by atoms with Crippen LogP contribution in [0.3, 0.4) is 0 Å². The van der Waals surface area contributed by atoms with Gasteiger partial charge in [0.25, 0.3) is 0 Å². The Morgan fingerprint density at radius 3 is 1.93 bits per heavy atom. The molecule has 0 radical (unpaired) electrons. The number of primary amides is 1. The first kappa shape index (κ1) is 32.1. The van der Waals surface area contributed by atoms with Crippen LogP contribution in [-0.4, -0.2) is 76.0 Å². The van der Waals surface area contributed by atoms with Gasteiger partial charge in [-0.3, -0.25) is 19.2 Å². The molecule has 9 N–H and O–H groups in total. The highest BCUT2D eigenvalue weighted by molar-refractivity contribution is 7.98. The topological polar surface area (TPSA) is 214 Å². The second-order valence-electron chi connectivity index (χ2n) is 9.14. The highest BCUT2D eigenvalue weighted by Gasteiger charge is 2.31. The maximum absolute atomic E-state index is 13.2. The molecule has 0 bridgehead atoms. The molecule has 13 heteroatoms. The van der Waals surface area contributed by atoms with Crippen molar-refractivity contribution in [2.75, 3.05) is 12.0 Å². The Balaban J connectivity index is 2.12. The van der Waals surface area contributed by atoms with Crippen LogP contribution in [0.1, 0.15) is 24.0 Å². The summed E-state index contributed by atoms with van der Waals surface area (Å²) in [6.45, 7) is 0. The van der Waals surface area contributed by atoms with Crippen molar-refractivity contribution < 1.29 is 34.2 Å². The van der Waals surface area contributed by atoms with Crippen LogP contribution < -0.4 is 27.4 Å². The van der Waals surface area contributed by atoms with Crippen LogP contribution in [0.2, 0.25) is 0 Å². The summed E-state index contributed by atoms with van der Waals surface area (Å²) >= 11 is 1.44. The highest BCUT2D eigenvalue weighted by atomic mass is 32.2. The normalized spacial score (nSPS) is 13.8. The maximum Gasteiger partial charge on any atom is 0.326 e. The van der Waals surface area contributed by atoms with Crippen LogP contribution in [0.5, 0.6) is 5.75 Å². The number of thioether (sulfide) groups is 1. The van der Waals surface area contributed by atoms with Crippen molar-refractivity contribution in [3.8, 4) is 5.75 Å². The van der Waals surface area contributed by atoms with Gasteiger partial charge in [0.15, 0.2) is 0 Å². The Labute approximate surface area is 236 Å². The molecule has 0 heterocycles. The molecule has 2 aromatic carbocycles. The number of hydrogen-bond donors (Lipinski definition) is 7. The number of benzene rings is 2. The number of phenolic OH excluding ortho intramolecular Hbond substituents is 1. The lowest BCUT2D eigenvalue weighted by Crippen LogP contribution is -2.58. The van der Waals surface area contributed by atoms with E-state index in [9.17, 15) is 34.2 Å². The van der Waals surface area contributed by atoms with Gasteiger partial charge in [0.1, 0.15) is 23.9 Å². The molecule has 12 nitrogen and oxygen atoms in total. The van der Waals surface area contributed by atoms with Crippen LogP contribution in [0, 0.1) is 0 Å². The maximum atomic E-state index is 13.2. The Morgan fingerprint density at radius 2 is 1.35 bits per heavy atom. The number of hydrogen-bond acceptors (Lipinski definition) is 8. The highest BCUT2D eigenvalue weighted by Crippen LogP contribution is 2.12. The summed E-state index contributed by atoms with van der Waals surface area (Å²) in [5.41, 5.74) is 12.7. The number of carbonyl (C=O) groups excluding carboxylic acids is 4. The van der Waals surface area contributed by atoms with Crippen molar-refractivity contribution >= 4 is 41.4 Å². The minimum absolute atomic E-state index is 0.00645. The molecule has 0 aliphatic heterocycles. The molecule has 216 valence electrons. The molecule has 0 aliphatic carbocycles. The first-order valence-corrected chi connectivity index (χ1v) is 13.9. The molecule has 2 rings (SSSR count). The number of carboxylic acid groups (broad SMARTS) is 1. The van der Waals surface area contributed by atoms with Crippen molar-refractivity contribution in [1.29, 1.82) is 0 Å². The Bertz CT molecular complexity index is 1160. The van der Waals surface area contributed by atoms with Crippen molar-refractivity contribution in [1.82, 2.24) is 16.0 Å². The average molecular weight is 574 g/mol. The number of aromatic hydroxyl groups is 1. The minimum atomic E-state index is -1.49. The first-order valence-electron chi connectivity index (χ1n) is 12.5. The van der Waals surface area contributed by atoms with Gasteiger partial charge in [-0.1, -0.05) is 42.5 Å². The third-order valence-corrected chi connectivity index (χ3v) is 6.55. The molecule has 0 aliphatic rings. The Kier molecular flexibility index (Phi) is 12.9. The number of carbonyl (C=O) groups is 5. The molecule has 4 amide bonds. The zero-order chi connectivity index (χ0) is 29.7. The second kappa shape index (κ2) is 16.1. The monoisotopic (exact) mass is 573 g/mol. The summed E-state index contributed by atoms with van der Waals surface area (Å²) in [7, 11) is 0. The van der Waals surface area contributed by atoms with Gasteiger partial charge < -0.3 is 37.6 Å². The zero-order valence-electron chi connectivity index (χ0n) is 22.0. The van der Waals surface area contributed by atoms with Gasteiger partial charge in [0.05, 0.1) is 12.5 Å². The van der Waals surface area contributed by atoms with Crippen LogP contribution in [0.25, 0.3) is 0 Å². The Hall–Kier alpha value is -4.10. The number of rotatable bonds is 16. The molecule has 0 spiro atoms. The molecule has 0 saturated carbocycles. The van der Waals surface area contributed by atoms with Gasteiger partial charge in [-0.2, -0.15) is 11.8 Å². The Morgan fingerprint density at radius 1 is 0.800 bits per heavy atom. The van der Waals surface area contributed by atoms with Crippen LogP contribution in [0.4, 0.5) is 0 Å². The fourth-order valence-corrected chi connectivity index (χ4v) is 4.24. The quantitative estimate of drug-likeness (QED) is 0.140. The summed E-state index contributed by atoms with van der Waals surface area (Å²) in [5, 5.41) is 26.4. The van der Waals surface area contributed by atoms with E-state index in [1.807, 2.05) is 36.6 Å².